The molecule has 0 unspecified atom stereocenters. The summed E-state index contributed by atoms with van der Waals surface area (Å²) in [6, 6.07) is 37.4. The zero-order valence-electron chi connectivity index (χ0n) is 16.6. The summed E-state index contributed by atoms with van der Waals surface area (Å²) < 4.78 is 11.9. The molecular formula is C28H22O2. The van der Waals surface area contributed by atoms with Crippen LogP contribution in [0.25, 0.3) is 21.5 Å². The van der Waals surface area contributed by atoms with E-state index in [0.29, 0.717) is 13.2 Å². The van der Waals surface area contributed by atoms with E-state index in [1.807, 2.05) is 24.3 Å². The van der Waals surface area contributed by atoms with Crippen molar-refractivity contribution in [2.24, 2.45) is 0 Å². The Kier molecular flexibility index (Phi) is 5.05. The molecule has 0 atom stereocenters. The first-order valence-corrected chi connectivity index (χ1v) is 10.1. The molecule has 0 aliphatic rings. The molecule has 0 spiro atoms. The Morgan fingerprint density at radius 1 is 0.400 bits per heavy atom. The SMILES string of the molecule is c1ccc2cc(COc3ccc(OCc4ccc5ccccc5c4)cc3)ccc2c1. The lowest BCUT2D eigenvalue weighted by molar-refractivity contribution is 0.297. The van der Waals surface area contributed by atoms with Gasteiger partial charge in [-0.25, -0.2) is 0 Å². The Morgan fingerprint density at radius 2 is 0.800 bits per heavy atom. The van der Waals surface area contributed by atoms with Gasteiger partial charge in [-0.3, -0.25) is 0 Å². The van der Waals surface area contributed by atoms with E-state index in [2.05, 4.69) is 84.9 Å². The van der Waals surface area contributed by atoms with E-state index in [1.54, 1.807) is 0 Å². The van der Waals surface area contributed by atoms with Crippen molar-refractivity contribution < 1.29 is 9.47 Å². The zero-order valence-corrected chi connectivity index (χ0v) is 16.6. The average Bonchev–Trinajstić information content (AvgIpc) is 2.82. The number of hydrogen-bond acceptors (Lipinski definition) is 2. The highest BCUT2D eigenvalue weighted by Crippen LogP contribution is 2.22. The maximum absolute atomic E-state index is 5.95. The summed E-state index contributed by atoms with van der Waals surface area (Å²) in [4.78, 5) is 0. The Bertz CT molecular complexity index is 1190. The van der Waals surface area contributed by atoms with E-state index in [4.69, 9.17) is 9.47 Å². The summed E-state index contributed by atoms with van der Waals surface area (Å²) >= 11 is 0. The molecule has 0 amide bonds. The Labute approximate surface area is 176 Å². The van der Waals surface area contributed by atoms with Gasteiger partial charge in [0.15, 0.2) is 0 Å². The van der Waals surface area contributed by atoms with Gasteiger partial charge in [-0.15, -0.1) is 0 Å². The maximum Gasteiger partial charge on any atom is 0.120 e. The van der Waals surface area contributed by atoms with Gasteiger partial charge < -0.3 is 9.47 Å². The molecule has 2 nitrogen and oxygen atoms in total. The molecule has 0 fully saturated rings. The van der Waals surface area contributed by atoms with Crippen LogP contribution >= 0.6 is 0 Å². The largest absolute Gasteiger partial charge is 0.489 e. The molecule has 5 aromatic rings. The van der Waals surface area contributed by atoms with Crippen molar-refractivity contribution in [3.8, 4) is 11.5 Å². The van der Waals surface area contributed by atoms with E-state index >= 15 is 0 Å². The lowest BCUT2D eigenvalue weighted by Crippen LogP contribution is -1.97. The molecule has 0 aliphatic carbocycles. The van der Waals surface area contributed by atoms with Gasteiger partial charge in [-0.05, 0) is 69.1 Å². The minimum atomic E-state index is 0.544. The first-order valence-electron chi connectivity index (χ1n) is 10.1. The summed E-state index contributed by atoms with van der Waals surface area (Å²) in [5, 5.41) is 4.95. The van der Waals surface area contributed by atoms with Crippen LogP contribution in [0.2, 0.25) is 0 Å². The summed E-state index contributed by atoms with van der Waals surface area (Å²) in [6.45, 7) is 1.09. The smallest absolute Gasteiger partial charge is 0.120 e. The number of rotatable bonds is 6. The van der Waals surface area contributed by atoms with Gasteiger partial charge >= 0.3 is 0 Å². The van der Waals surface area contributed by atoms with E-state index in [9.17, 15) is 0 Å². The molecule has 30 heavy (non-hydrogen) atoms. The lowest BCUT2D eigenvalue weighted by atomic mass is 10.1. The molecule has 0 saturated heterocycles. The van der Waals surface area contributed by atoms with Crippen molar-refractivity contribution in [1.82, 2.24) is 0 Å². The van der Waals surface area contributed by atoms with Gasteiger partial charge in [0, 0.05) is 0 Å². The number of benzene rings is 5. The molecule has 0 aromatic heterocycles. The van der Waals surface area contributed by atoms with Gasteiger partial charge in [0.2, 0.25) is 0 Å². The standard InChI is InChI=1S/C28H22O2/c1-3-7-25-17-21(9-11-23(25)5-1)19-29-27-13-15-28(16-14-27)30-20-22-10-12-24-6-2-4-8-26(24)18-22/h1-18H,19-20H2. The molecule has 5 rings (SSSR count). The minimum absolute atomic E-state index is 0.544. The molecule has 0 saturated carbocycles. The Morgan fingerprint density at radius 3 is 1.23 bits per heavy atom. The lowest BCUT2D eigenvalue weighted by Gasteiger charge is -2.10. The monoisotopic (exact) mass is 390 g/mol. The summed E-state index contributed by atoms with van der Waals surface area (Å²) in [6.07, 6.45) is 0. The Hall–Kier alpha value is -3.78. The summed E-state index contributed by atoms with van der Waals surface area (Å²) in [7, 11) is 0. The van der Waals surface area contributed by atoms with Crippen LogP contribution in [-0.4, -0.2) is 0 Å². The van der Waals surface area contributed by atoms with Gasteiger partial charge in [-0.2, -0.15) is 0 Å². The molecule has 5 aromatic carbocycles. The van der Waals surface area contributed by atoms with Gasteiger partial charge in [-0.1, -0.05) is 72.8 Å². The van der Waals surface area contributed by atoms with E-state index in [-0.39, 0.29) is 0 Å². The van der Waals surface area contributed by atoms with Crippen LogP contribution in [0.15, 0.2) is 109 Å². The molecular weight excluding hydrogens is 368 g/mol. The number of fused-ring (bicyclic) bond motifs is 2. The van der Waals surface area contributed by atoms with Crippen LogP contribution < -0.4 is 9.47 Å². The second kappa shape index (κ2) is 8.30. The molecule has 0 aliphatic heterocycles. The second-order valence-corrected chi connectivity index (χ2v) is 7.41. The van der Waals surface area contributed by atoms with Crippen molar-refractivity contribution in [2.45, 2.75) is 13.2 Å². The topological polar surface area (TPSA) is 18.5 Å². The third-order valence-electron chi connectivity index (χ3n) is 5.26. The fourth-order valence-corrected chi connectivity index (χ4v) is 3.62. The van der Waals surface area contributed by atoms with Crippen molar-refractivity contribution in [1.29, 1.82) is 0 Å². The first kappa shape index (κ1) is 18.3. The number of ether oxygens (including phenoxy) is 2. The van der Waals surface area contributed by atoms with Crippen molar-refractivity contribution in [3.63, 3.8) is 0 Å². The second-order valence-electron chi connectivity index (χ2n) is 7.41. The average molecular weight is 390 g/mol. The number of hydrogen-bond donors (Lipinski definition) is 0. The third kappa shape index (κ3) is 4.13. The normalized spacial score (nSPS) is 10.9. The van der Waals surface area contributed by atoms with Crippen LogP contribution in [0, 0.1) is 0 Å². The highest BCUT2D eigenvalue weighted by atomic mass is 16.5. The van der Waals surface area contributed by atoms with Crippen LogP contribution in [-0.2, 0) is 13.2 Å². The van der Waals surface area contributed by atoms with E-state index < -0.39 is 0 Å². The molecule has 0 bridgehead atoms. The minimum Gasteiger partial charge on any atom is -0.489 e. The zero-order chi connectivity index (χ0) is 20.2. The van der Waals surface area contributed by atoms with Gasteiger partial charge in [0.1, 0.15) is 24.7 Å². The van der Waals surface area contributed by atoms with Crippen molar-refractivity contribution >= 4 is 21.5 Å². The van der Waals surface area contributed by atoms with Crippen LogP contribution in [0.5, 0.6) is 11.5 Å². The Balaban J connectivity index is 1.19. The fourth-order valence-electron chi connectivity index (χ4n) is 3.62. The van der Waals surface area contributed by atoms with Gasteiger partial charge in [0.05, 0.1) is 0 Å². The van der Waals surface area contributed by atoms with Crippen molar-refractivity contribution in [3.05, 3.63) is 120 Å². The van der Waals surface area contributed by atoms with Crippen LogP contribution in [0.3, 0.4) is 0 Å². The van der Waals surface area contributed by atoms with Crippen LogP contribution in [0.4, 0.5) is 0 Å². The molecule has 0 heterocycles. The van der Waals surface area contributed by atoms with Gasteiger partial charge in [0.25, 0.3) is 0 Å². The predicted molar refractivity (Wildman–Crippen MR) is 123 cm³/mol. The molecule has 2 heteroatoms. The van der Waals surface area contributed by atoms with E-state index in [0.717, 1.165) is 22.6 Å². The van der Waals surface area contributed by atoms with Crippen LogP contribution in [0.1, 0.15) is 11.1 Å². The molecule has 0 N–H and O–H groups in total. The predicted octanol–water partition coefficient (Wildman–Crippen LogP) is 7.15. The first-order chi connectivity index (χ1) is 14.8. The van der Waals surface area contributed by atoms with Crippen molar-refractivity contribution in [2.75, 3.05) is 0 Å². The fraction of sp³-hybridized carbons (Fsp3) is 0.0714. The molecule has 0 radical (unpaired) electrons. The summed E-state index contributed by atoms with van der Waals surface area (Å²) in [5.74, 6) is 1.67. The third-order valence-corrected chi connectivity index (χ3v) is 5.26. The highest BCUT2D eigenvalue weighted by Gasteiger charge is 2.01. The summed E-state index contributed by atoms with van der Waals surface area (Å²) in [5.41, 5.74) is 2.32. The van der Waals surface area contributed by atoms with E-state index in [1.165, 1.54) is 21.5 Å². The molecule has 146 valence electrons. The highest BCUT2D eigenvalue weighted by molar-refractivity contribution is 5.83. The maximum atomic E-state index is 5.95. The quantitative estimate of drug-likeness (QED) is 0.306.